The highest BCUT2D eigenvalue weighted by atomic mass is 19.1. The second kappa shape index (κ2) is 4.91. The first-order chi connectivity index (χ1) is 10.7. The lowest BCUT2D eigenvalue weighted by atomic mass is 10.1. The highest BCUT2D eigenvalue weighted by Gasteiger charge is 2.24. The predicted octanol–water partition coefficient (Wildman–Crippen LogP) is 2.66. The number of amides is 1. The Hall–Kier alpha value is -2.76. The van der Waals surface area contributed by atoms with Gasteiger partial charge in [0.1, 0.15) is 22.7 Å². The zero-order valence-corrected chi connectivity index (χ0v) is 11.6. The summed E-state index contributed by atoms with van der Waals surface area (Å²) in [5.74, 6) is -0.521. The van der Waals surface area contributed by atoms with E-state index >= 15 is 0 Å². The maximum Gasteiger partial charge on any atom is 0.270 e. The number of pyridine rings is 1. The average Bonchev–Trinajstić information content (AvgIpc) is 3.23. The molecule has 1 fully saturated rings. The van der Waals surface area contributed by atoms with Crippen molar-refractivity contribution in [3.8, 4) is 11.3 Å². The van der Waals surface area contributed by atoms with E-state index in [-0.39, 0.29) is 17.8 Å². The Morgan fingerprint density at radius 3 is 2.91 bits per heavy atom. The minimum absolute atomic E-state index is 0.184. The number of H-pyrrole nitrogens is 1. The second-order valence-electron chi connectivity index (χ2n) is 5.42. The number of halogens is 1. The van der Waals surface area contributed by atoms with Crippen LogP contribution in [0, 0.1) is 5.82 Å². The molecule has 5 nitrogen and oxygen atoms in total. The molecular formula is C16H13FN4O. The lowest BCUT2D eigenvalue weighted by molar-refractivity contribution is 0.0946. The third kappa shape index (κ3) is 2.32. The highest BCUT2D eigenvalue weighted by molar-refractivity contribution is 5.97. The summed E-state index contributed by atoms with van der Waals surface area (Å²) >= 11 is 0. The molecule has 2 aromatic heterocycles. The van der Waals surface area contributed by atoms with Gasteiger partial charge < -0.3 is 5.32 Å². The number of hydrogen-bond acceptors (Lipinski definition) is 3. The van der Waals surface area contributed by atoms with E-state index in [2.05, 4.69) is 20.5 Å². The number of nitrogens with one attached hydrogen (secondary N) is 2. The van der Waals surface area contributed by atoms with Crippen LogP contribution in [0.15, 0.2) is 36.4 Å². The number of fused-ring (bicyclic) bond motifs is 1. The summed E-state index contributed by atoms with van der Waals surface area (Å²) in [6, 6.07) is 9.85. The highest BCUT2D eigenvalue weighted by Crippen LogP contribution is 2.26. The molecular weight excluding hydrogens is 283 g/mol. The van der Waals surface area contributed by atoms with E-state index in [4.69, 9.17) is 0 Å². The molecule has 0 radical (unpaired) electrons. The quantitative estimate of drug-likeness (QED) is 0.780. The van der Waals surface area contributed by atoms with Crippen LogP contribution < -0.4 is 5.32 Å². The Bertz CT molecular complexity index is 869. The van der Waals surface area contributed by atoms with Gasteiger partial charge in [-0.15, -0.1) is 0 Å². The molecule has 0 atom stereocenters. The van der Waals surface area contributed by atoms with Gasteiger partial charge in [-0.05, 0) is 37.1 Å². The van der Waals surface area contributed by atoms with Crippen molar-refractivity contribution < 1.29 is 9.18 Å². The normalized spacial score (nSPS) is 14.2. The second-order valence-corrected chi connectivity index (χ2v) is 5.42. The van der Waals surface area contributed by atoms with Crippen molar-refractivity contribution >= 4 is 16.9 Å². The van der Waals surface area contributed by atoms with Crippen molar-refractivity contribution in [3.05, 3.63) is 47.9 Å². The molecule has 2 N–H and O–H groups in total. The molecule has 0 spiro atoms. The molecule has 0 saturated heterocycles. The smallest absolute Gasteiger partial charge is 0.270 e. The van der Waals surface area contributed by atoms with Gasteiger partial charge in [-0.25, -0.2) is 9.37 Å². The summed E-state index contributed by atoms with van der Waals surface area (Å²) in [5, 5.41) is 9.96. The van der Waals surface area contributed by atoms with Crippen molar-refractivity contribution in [2.75, 3.05) is 0 Å². The number of carbonyl (C=O) groups is 1. The van der Waals surface area contributed by atoms with Gasteiger partial charge in [0.05, 0.1) is 5.52 Å². The molecule has 22 heavy (non-hydrogen) atoms. The summed E-state index contributed by atoms with van der Waals surface area (Å²) < 4.78 is 13.4. The van der Waals surface area contributed by atoms with E-state index in [0.717, 1.165) is 12.8 Å². The number of aromatic amines is 1. The Morgan fingerprint density at radius 2 is 2.14 bits per heavy atom. The van der Waals surface area contributed by atoms with Crippen LogP contribution in [0.25, 0.3) is 22.3 Å². The first kappa shape index (κ1) is 12.9. The van der Waals surface area contributed by atoms with Crippen LogP contribution in [0.3, 0.4) is 0 Å². The fourth-order valence-electron chi connectivity index (χ4n) is 2.35. The minimum Gasteiger partial charge on any atom is -0.348 e. The molecule has 0 bridgehead atoms. The van der Waals surface area contributed by atoms with E-state index in [1.54, 1.807) is 24.3 Å². The molecule has 1 aliphatic carbocycles. The molecule has 2 heterocycles. The lowest BCUT2D eigenvalue weighted by Crippen LogP contribution is -2.26. The van der Waals surface area contributed by atoms with Gasteiger partial charge in [-0.1, -0.05) is 12.1 Å². The number of aromatic nitrogens is 3. The number of carbonyl (C=O) groups excluding carboxylic acids is 1. The van der Waals surface area contributed by atoms with Crippen LogP contribution in [0.5, 0.6) is 0 Å². The molecule has 6 heteroatoms. The number of benzene rings is 1. The SMILES string of the molecule is O=C(NC1CC1)c1ccc2[nH]nc(-c3cccc(F)c3)c2n1. The van der Waals surface area contributed by atoms with E-state index in [9.17, 15) is 9.18 Å². The average molecular weight is 296 g/mol. The fraction of sp³-hybridized carbons (Fsp3) is 0.188. The Labute approximate surface area is 125 Å². The van der Waals surface area contributed by atoms with E-state index in [0.29, 0.717) is 28.0 Å². The molecule has 1 aromatic carbocycles. The Balaban J connectivity index is 1.77. The summed E-state index contributed by atoms with van der Waals surface area (Å²) in [5.41, 5.74) is 2.78. The third-order valence-corrected chi connectivity index (χ3v) is 3.65. The van der Waals surface area contributed by atoms with Gasteiger partial charge in [-0.2, -0.15) is 5.10 Å². The number of nitrogens with zero attached hydrogens (tertiary/aromatic N) is 2. The summed E-state index contributed by atoms with van der Waals surface area (Å²) in [7, 11) is 0. The van der Waals surface area contributed by atoms with Crippen molar-refractivity contribution in [2.24, 2.45) is 0 Å². The van der Waals surface area contributed by atoms with Crippen LogP contribution in [0.2, 0.25) is 0 Å². The van der Waals surface area contributed by atoms with Crippen LogP contribution in [-0.2, 0) is 0 Å². The zero-order valence-electron chi connectivity index (χ0n) is 11.6. The van der Waals surface area contributed by atoms with Gasteiger partial charge >= 0.3 is 0 Å². The molecule has 0 aliphatic heterocycles. The Morgan fingerprint density at radius 1 is 1.27 bits per heavy atom. The van der Waals surface area contributed by atoms with Gasteiger partial charge in [0, 0.05) is 11.6 Å². The number of rotatable bonds is 3. The maximum atomic E-state index is 13.4. The molecule has 4 rings (SSSR count). The van der Waals surface area contributed by atoms with E-state index in [1.807, 2.05) is 0 Å². The first-order valence-electron chi connectivity index (χ1n) is 7.12. The molecule has 1 amide bonds. The Kier molecular flexibility index (Phi) is 2.89. The molecule has 3 aromatic rings. The topological polar surface area (TPSA) is 70.7 Å². The fourth-order valence-corrected chi connectivity index (χ4v) is 2.35. The zero-order chi connectivity index (χ0) is 15.1. The molecule has 1 saturated carbocycles. The van der Waals surface area contributed by atoms with Gasteiger partial charge in [0.2, 0.25) is 0 Å². The summed E-state index contributed by atoms with van der Waals surface area (Å²) in [6.45, 7) is 0. The monoisotopic (exact) mass is 296 g/mol. The van der Waals surface area contributed by atoms with Crippen LogP contribution >= 0.6 is 0 Å². The summed E-state index contributed by atoms with van der Waals surface area (Å²) in [4.78, 5) is 16.5. The first-order valence-corrected chi connectivity index (χ1v) is 7.12. The van der Waals surface area contributed by atoms with Crippen LogP contribution in [-0.4, -0.2) is 27.1 Å². The van der Waals surface area contributed by atoms with Crippen molar-refractivity contribution in [3.63, 3.8) is 0 Å². The third-order valence-electron chi connectivity index (χ3n) is 3.65. The van der Waals surface area contributed by atoms with Crippen LogP contribution in [0.1, 0.15) is 23.3 Å². The number of hydrogen-bond donors (Lipinski definition) is 2. The van der Waals surface area contributed by atoms with Crippen molar-refractivity contribution in [1.29, 1.82) is 0 Å². The molecule has 0 unspecified atom stereocenters. The predicted molar refractivity (Wildman–Crippen MR) is 79.8 cm³/mol. The van der Waals surface area contributed by atoms with Crippen molar-refractivity contribution in [1.82, 2.24) is 20.5 Å². The van der Waals surface area contributed by atoms with Crippen molar-refractivity contribution in [2.45, 2.75) is 18.9 Å². The van der Waals surface area contributed by atoms with Gasteiger partial charge in [0.25, 0.3) is 5.91 Å². The van der Waals surface area contributed by atoms with Crippen LogP contribution in [0.4, 0.5) is 4.39 Å². The minimum atomic E-state index is -0.337. The standard InChI is InChI=1S/C16H13FN4O/c17-10-3-1-2-9(8-10)14-15-12(20-21-14)6-7-13(19-15)16(22)18-11-4-5-11/h1-3,6-8,11H,4-5H2,(H,18,22)(H,20,21). The summed E-state index contributed by atoms with van der Waals surface area (Å²) in [6.07, 6.45) is 2.04. The van der Waals surface area contributed by atoms with Gasteiger partial charge in [-0.3, -0.25) is 9.89 Å². The van der Waals surface area contributed by atoms with E-state index in [1.165, 1.54) is 12.1 Å². The molecule has 110 valence electrons. The maximum absolute atomic E-state index is 13.4. The molecule has 1 aliphatic rings. The largest absolute Gasteiger partial charge is 0.348 e. The lowest BCUT2D eigenvalue weighted by Gasteiger charge is -2.03. The van der Waals surface area contributed by atoms with E-state index < -0.39 is 0 Å². The van der Waals surface area contributed by atoms with Gasteiger partial charge in [0.15, 0.2) is 0 Å².